The average molecular weight is 217 g/mol. The molecule has 0 radical (unpaired) electrons. The zero-order valence-electron chi connectivity index (χ0n) is 9.61. The molecule has 0 bridgehead atoms. The third kappa shape index (κ3) is 3.17. The van der Waals surface area contributed by atoms with Crippen LogP contribution in [-0.4, -0.2) is 18.9 Å². The van der Waals surface area contributed by atoms with E-state index in [1.807, 2.05) is 30.3 Å². The van der Waals surface area contributed by atoms with Gasteiger partial charge in [-0.1, -0.05) is 30.3 Å². The highest BCUT2D eigenvalue weighted by molar-refractivity contribution is 5.83. The van der Waals surface area contributed by atoms with Gasteiger partial charge in [0.2, 0.25) is 0 Å². The number of benzene rings is 1. The van der Waals surface area contributed by atoms with Gasteiger partial charge in [-0.25, -0.2) is 0 Å². The van der Waals surface area contributed by atoms with Gasteiger partial charge in [0.15, 0.2) is 0 Å². The molecule has 1 unspecified atom stereocenters. The first-order valence-electron chi connectivity index (χ1n) is 6.13. The Kier molecular flexibility index (Phi) is 4.11. The van der Waals surface area contributed by atoms with Crippen LogP contribution in [0.4, 0.5) is 0 Å². The quantitative estimate of drug-likeness (QED) is 0.841. The normalized spacial score (nSPS) is 21.4. The standard InChI is InChI=1S/C14H19NO/c16-14(11-12-5-2-1-3-6-12)13-7-4-9-15-10-8-13/h1-3,5-6,13,15H,4,7-11H2. The summed E-state index contributed by atoms with van der Waals surface area (Å²) in [6.45, 7) is 2.06. The predicted molar refractivity (Wildman–Crippen MR) is 65.4 cm³/mol. The maximum Gasteiger partial charge on any atom is 0.140 e. The molecule has 2 nitrogen and oxygen atoms in total. The average Bonchev–Trinajstić information content (AvgIpc) is 2.59. The molecule has 0 saturated carbocycles. The minimum absolute atomic E-state index is 0.273. The van der Waals surface area contributed by atoms with Gasteiger partial charge in [0.1, 0.15) is 5.78 Å². The van der Waals surface area contributed by atoms with E-state index in [4.69, 9.17) is 0 Å². The molecule has 1 N–H and O–H groups in total. The van der Waals surface area contributed by atoms with Crippen molar-refractivity contribution in [1.82, 2.24) is 5.32 Å². The Morgan fingerprint density at radius 1 is 1.19 bits per heavy atom. The zero-order valence-corrected chi connectivity index (χ0v) is 9.61. The van der Waals surface area contributed by atoms with Crippen molar-refractivity contribution in [3.63, 3.8) is 0 Å². The maximum absolute atomic E-state index is 12.1. The number of Topliss-reactive ketones (excluding diaryl/α,β-unsaturated/α-hetero) is 1. The van der Waals surface area contributed by atoms with Gasteiger partial charge >= 0.3 is 0 Å². The first-order valence-corrected chi connectivity index (χ1v) is 6.13. The van der Waals surface area contributed by atoms with Crippen LogP contribution >= 0.6 is 0 Å². The van der Waals surface area contributed by atoms with Gasteiger partial charge < -0.3 is 5.32 Å². The Morgan fingerprint density at radius 3 is 2.81 bits per heavy atom. The highest BCUT2D eigenvalue weighted by Crippen LogP contribution is 2.17. The van der Waals surface area contributed by atoms with E-state index in [0.717, 1.165) is 37.9 Å². The van der Waals surface area contributed by atoms with Gasteiger partial charge in [-0.05, 0) is 37.9 Å². The first-order chi connectivity index (χ1) is 7.86. The van der Waals surface area contributed by atoms with Crippen LogP contribution in [0, 0.1) is 5.92 Å². The second-order valence-electron chi connectivity index (χ2n) is 4.51. The van der Waals surface area contributed by atoms with E-state index in [1.165, 1.54) is 0 Å². The summed E-state index contributed by atoms with van der Waals surface area (Å²) < 4.78 is 0. The maximum atomic E-state index is 12.1. The van der Waals surface area contributed by atoms with Crippen LogP contribution in [0.2, 0.25) is 0 Å². The predicted octanol–water partition coefficient (Wildman–Crippen LogP) is 2.19. The van der Waals surface area contributed by atoms with E-state index < -0.39 is 0 Å². The summed E-state index contributed by atoms with van der Waals surface area (Å²) in [5, 5.41) is 3.34. The van der Waals surface area contributed by atoms with Crippen molar-refractivity contribution < 1.29 is 4.79 Å². The fourth-order valence-corrected chi connectivity index (χ4v) is 2.28. The molecule has 1 aromatic rings. The van der Waals surface area contributed by atoms with E-state index in [1.54, 1.807) is 0 Å². The van der Waals surface area contributed by atoms with Gasteiger partial charge in [-0.3, -0.25) is 4.79 Å². The minimum Gasteiger partial charge on any atom is -0.317 e. The summed E-state index contributed by atoms with van der Waals surface area (Å²) in [5.41, 5.74) is 1.14. The lowest BCUT2D eigenvalue weighted by atomic mass is 9.92. The third-order valence-corrected chi connectivity index (χ3v) is 3.25. The number of carbonyl (C=O) groups excluding carboxylic acids is 1. The monoisotopic (exact) mass is 217 g/mol. The molecule has 0 aliphatic carbocycles. The molecule has 0 amide bonds. The van der Waals surface area contributed by atoms with E-state index in [9.17, 15) is 4.79 Å². The van der Waals surface area contributed by atoms with Crippen LogP contribution in [0.1, 0.15) is 24.8 Å². The smallest absolute Gasteiger partial charge is 0.140 e. The fraction of sp³-hybridized carbons (Fsp3) is 0.500. The van der Waals surface area contributed by atoms with Crippen LogP contribution in [0.15, 0.2) is 30.3 Å². The summed E-state index contributed by atoms with van der Waals surface area (Å²) >= 11 is 0. The highest BCUT2D eigenvalue weighted by atomic mass is 16.1. The first kappa shape index (κ1) is 11.3. The molecule has 16 heavy (non-hydrogen) atoms. The molecule has 1 aliphatic rings. The molecule has 1 heterocycles. The lowest BCUT2D eigenvalue weighted by molar-refractivity contribution is -0.122. The molecular weight excluding hydrogens is 198 g/mol. The number of hydrogen-bond acceptors (Lipinski definition) is 2. The number of hydrogen-bond donors (Lipinski definition) is 1. The Morgan fingerprint density at radius 2 is 2.00 bits per heavy atom. The van der Waals surface area contributed by atoms with Crippen LogP contribution in [0.5, 0.6) is 0 Å². The summed E-state index contributed by atoms with van der Waals surface area (Å²) in [7, 11) is 0. The summed E-state index contributed by atoms with van der Waals surface area (Å²) in [6.07, 6.45) is 3.79. The van der Waals surface area contributed by atoms with Crippen LogP contribution in [0.25, 0.3) is 0 Å². The molecule has 1 aliphatic heterocycles. The molecule has 86 valence electrons. The summed E-state index contributed by atoms with van der Waals surface area (Å²) in [6, 6.07) is 10.1. The van der Waals surface area contributed by atoms with Crippen molar-refractivity contribution in [2.24, 2.45) is 5.92 Å². The van der Waals surface area contributed by atoms with Gasteiger partial charge in [-0.15, -0.1) is 0 Å². The summed E-state index contributed by atoms with van der Waals surface area (Å²) in [5.74, 6) is 0.685. The Hall–Kier alpha value is -1.15. The molecule has 2 heteroatoms. The number of carbonyl (C=O) groups is 1. The molecule has 1 fully saturated rings. The fourth-order valence-electron chi connectivity index (χ4n) is 2.28. The number of rotatable bonds is 3. The van der Waals surface area contributed by atoms with Crippen molar-refractivity contribution in [3.05, 3.63) is 35.9 Å². The van der Waals surface area contributed by atoms with Gasteiger partial charge in [-0.2, -0.15) is 0 Å². The minimum atomic E-state index is 0.273. The lowest BCUT2D eigenvalue weighted by Gasteiger charge is -2.12. The molecular formula is C14H19NO. The van der Waals surface area contributed by atoms with Crippen LogP contribution < -0.4 is 5.32 Å². The van der Waals surface area contributed by atoms with Crippen molar-refractivity contribution in [1.29, 1.82) is 0 Å². The molecule has 2 rings (SSSR count). The number of nitrogens with one attached hydrogen (secondary N) is 1. The van der Waals surface area contributed by atoms with Crippen molar-refractivity contribution in [3.8, 4) is 0 Å². The summed E-state index contributed by atoms with van der Waals surface area (Å²) in [4.78, 5) is 12.1. The topological polar surface area (TPSA) is 29.1 Å². The highest BCUT2D eigenvalue weighted by Gasteiger charge is 2.19. The van der Waals surface area contributed by atoms with E-state index in [-0.39, 0.29) is 5.92 Å². The van der Waals surface area contributed by atoms with Gasteiger partial charge in [0.05, 0.1) is 0 Å². The van der Waals surface area contributed by atoms with Crippen LogP contribution in [-0.2, 0) is 11.2 Å². The Labute approximate surface area is 97.1 Å². The van der Waals surface area contributed by atoms with Crippen molar-refractivity contribution in [2.45, 2.75) is 25.7 Å². The second kappa shape index (κ2) is 5.80. The zero-order chi connectivity index (χ0) is 11.2. The Balaban J connectivity index is 1.92. The SMILES string of the molecule is O=C(Cc1ccccc1)C1CCCNCC1. The molecule has 1 saturated heterocycles. The molecule has 0 spiro atoms. The molecule has 1 atom stereocenters. The molecule has 0 aromatic heterocycles. The van der Waals surface area contributed by atoms with Gasteiger partial charge in [0.25, 0.3) is 0 Å². The largest absolute Gasteiger partial charge is 0.317 e. The Bertz CT molecular complexity index is 326. The third-order valence-electron chi connectivity index (χ3n) is 3.25. The molecule has 1 aromatic carbocycles. The van der Waals surface area contributed by atoms with E-state index >= 15 is 0 Å². The van der Waals surface area contributed by atoms with Crippen molar-refractivity contribution in [2.75, 3.05) is 13.1 Å². The number of ketones is 1. The van der Waals surface area contributed by atoms with Crippen molar-refractivity contribution >= 4 is 5.78 Å². The lowest BCUT2D eigenvalue weighted by Crippen LogP contribution is -2.19. The second-order valence-corrected chi connectivity index (χ2v) is 4.51. The van der Waals surface area contributed by atoms with Gasteiger partial charge in [0, 0.05) is 12.3 Å². The van der Waals surface area contributed by atoms with E-state index in [2.05, 4.69) is 5.32 Å². The van der Waals surface area contributed by atoms with E-state index in [0.29, 0.717) is 12.2 Å². The van der Waals surface area contributed by atoms with Crippen LogP contribution in [0.3, 0.4) is 0 Å².